The van der Waals surface area contributed by atoms with Gasteiger partial charge in [-0.25, -0.2) is 0 Å². The topological polar surface area (TPSA) is 18.5 Å². The van der Waals surface area contributed by atoms with E-state index in [1.54, 1.807) is 0 Å². The summed E-state index contributed by atoms with van der Waals surface area (Å²) in [6.07, 6.45) is 8.05. The van der Waals surface area contributed by atoms with Gasteiger partial charge < -0.3 is 8.23 Å². The van der Waals surface area contributed by atoms with Gasteiger partial charge in [-0.05, 0) is 44.2 Å². The zero-order valence-electron chi connectivity index (χ0n) is 14.7. The fourth-order valence-electron chi connectivity index (χ4n) is 3.62. The lowest BCUT2D eigenvalue weighted by atomic mass is 10.2. The van der Waals surface area contributed by atoms with Gasteiger partial charge in [0.2, 0.25) is 0 Å². The fraction of sp³-hybridized carbons (Fsp3) is 0.647. The first-order valence-electron chi connectivity index (χ1n) is 8.95. The van der Waals surface area contributed by atoms with E-state index < -0.39 is 26.6 Å². The van der Waals surface area contributed by atoms with Crippen molar-refractivity contribution in [1.82, 2.24) is 0 Å². The summed E-state index contributed by atoms with van der Waals surface area (Å²) in [4.78, 5) is 0. The SMILES string of the molecule is C[SiH](C)O[Si](O[SiH](C)C)(c1ccccc1)C1CCCCCC1. The maximum Gasteiger partial charge on any atom is 0.354 e. The Balaban J connectivity index is 2.42. The first-order chi connectivity index (χ1) is 10.5. The molecule has 0 heterocycles. The third kappa shape index (κ3) is 4.64. The Morgan fingerprint density at radius 1 is 0.818 bits per heavy atom. The van der Waals surface area contributed by atoms with Crippen molar-refractivity contribution in [3.05, 3.63) is 30.3 Å². The molecule has 0 radical (unpaired) electrons. The molecule has 124 valence electrons. The number of hydrogen-bond acceptors (Lipinski definition) is 2. The van der Waals surface area contributed by atoms with Gasteiger partial charge in [-0.3, -0.25) is 0 Å². The van der Waals surface area contributed by atoms with Crippen molar-refractivity contribution in [3.63, 3.8) is 0 Å². The highest BCUT2D eigenvalue weighted by Gasteiger charge is 2.48. The van der Waals surface area contributed by atoms with Gasteiger partial charge in [0.1, 0.15) is 0 Å². The van der Waals surface area contributed by atoms with E-state index in [0.717, 1.165) is 0 Å². The van der Waals surface area contributed by atoms with Gasteiger partial charge in [0.25, 0.3) is 0 Å². The number of rotatable bonds is 6. The third-order valence-electron chi connectivity index (χ3n) is 4.39. The molecule has 1 aliphatic rings. The van der Waals surface area contributed by atoms with Gasteiger partial charge >= 0.3 is 8.56 Å². The average molecular weight is 353 g/mol. The van der Waals surface area contributed by atoms with Crippen LogP contribution in [0.5, 0.6) is 0 Å². The van der Waals surface area contributed by atoms with Gasteiger partial charge in [0, 0.05) is 5.54 Å². The van der Waals surface area contributed by atoms with Gasteiger partial charge in [-0.2, -0.15) is 0 Å². The Kier molecular flexibility index (Phi) is 7.08. The Hall–Kier alpha value is -0.209. The molecule has 22 heavy (non-hydrogen) atoms. The van der Waals surface area contributed by atoms with Crippen LogP contribution >= 0.6 is 0 Å². The first-order valence-corrected chi connectivity index (χ1v) is 16.4. The van der Waals surface area contributed by atoms with Crippen LogP contribution in [0.15, 0.2) is 30.3 Å². The Morgan fingerprint density at radius 2 is 1.32 bits per heavy atom. The minimum atomic E-state index is -2.31. The van der Waals surface area contributed by atoms with Crippen molar-refractivity contribution in [3.8, 4) is 0 Å². The van der Waals surface area contributed by atoms with Gasteiger partial charge in [-0.1, -0.05) is 56.0 Å². The van der Waals surface area contributed by atoms with Crippen LogP contribution < -0.4 is 5.19 Å². The molecule has 2 rings (SSSR count). The molecule has 0 N–H and O–H groups in total. The van der Waals surface area contributed by atoms with E-state index in [1.807, 2.05) is 0 Å². The molecule has 0 atom stereocenters. The van der Waals surface area contributed by atoms with Crippen LogP contribution in [-0.2, 0) is 8.23 Å². The summed E-state index contributed by atoms with van der Waals surface area (Å²) in [6, 6.07) is 11.0. The lowest BCUT2D eigenvalue weighted by Gasteiger charge is -2.41. The molecule has 0 saturated heterocycles. The predicted molar refractivity (Wildman–Crippen MR) is 103 cm³/mol. The van der Waals surface area contributed by atoms with E-state index in [1.165, 1.54) is 43.7 Å². The van der Waals surface area contributed by atoms with Gasteiger partial charge in [0.05, 0.1) is 0 Å². The average Bonchev–Trinajstić information content (AvgIpc) is 2.76. The monoisotopic (exact) mass is 352 g/mol. The van der Waals surface area contributed by atoms with Crippen molar-refractivity contribution in [2.75, 3.05) is 0 Å². The summed E-state index contributed by atoms with van der Waals surface area (Å²) in [5, 5.41) is 1.38. The minimum Gasteiger partial charge on any atom is -0.436 e. The lowest BCUT2D eigenvalue weighted by molar-refractivity contribution is 0.378. The van der Waals surface area contributed by atoms with E-state index in [0.29, 0.717) is 5.54 Å². The molecular weight excluding hydrogens is 320 g/mol. The zero-order valence-corrected chi connectivity index (χ0v) is 18.0. The molecule has 1 fully saturated rings. The predicted octanol–water partition coefficient (Wildman–Crippen LogP) is 4.06. The summed E-state index contributed by atoms with van der Waals surface area (Å²) in [5.74, 6) is 0. The highest BCUT2D eigenvalue weighted by Crippen LogP contribution is 2.37. The molecule has 0 spiro atoms. The molecule has 0 amide bonds. The van der Waals surface area contributed by atoms with Crippen molar-refractivity contribution in [2.24, 2.45) is 0 Å². The second-order valence-electron chi connectivity index (χ2n) is 7.06. The molecule has 5 heteroatoms. The molecule has 2 nitrogen and oxygen atoms in total. The number of benzene rings is 1. The van der Waals surface area contributed by atoms with Crippen LogP contribution in [-0.4, -0.2) is 26.6 Å². The Morgan fingerprint density at radius 3 is 1.77 bits per heavy atom. The number of hydrogen-bond donors (Lipinski definition) is 0. The van der Waals surface area contributed by atoms with Crippen molar-refractivity contribution < 1.29 is 8.23 Å². The molecule has 0 unspecified atom stereocenters. The van der Waals surface area contributed by atoms with Crippen molar-refractivity contribution >= 4 is 31.8 Å². The summed E-state index contributed by atoms with van der Waals surface area (Å²) in [6.45, 7) is 9.19. The van der Waals surface area contributed by atoms with Crippen LogP contribution in [0.1, 0.15) is 38.5 Å². The quantitative estimate of drug-likeness (QED) is 0.568. The summed E-state index contributed by atoms with van der Waals surface area (Å²) in [7, 11) is -4.61. The third-order valence-corrected chi connectivity index (χ3v) is 13.8. The van der Waals surface area contributed by atoms with E-state index in [4.69, 9.17) is 8.23 Å². The van der Waals surface area contributed by atoms with Crippen LogP contribution in [0.4, 0.5) is 0 Å². The smallest absolute Gasteiger partial charge is 0.354 e. The van der Waals surface area contributed by atoms with Gasteiger partial charge in [-0.15, -0.1) is 0 Å². The maximum atomic E-state index is 6.82. The van der Waals surface area contributed by atoms with Crippen LogP contribution in [0.2, 0.25) is 31.7 Å². The minimum absolute atomic E-state index is 0.641. The lowest BCUT2D eigenvalue weighted by Crippen LogP contribution is -2.61. The highest BCUT2D eigenvalue weighted by atomic mass is 28.5. The summed E-state index contributed by atoms with van der Waals surface area (Å²) >= 11 is 0. The van der Waals surface area contributed by atoms with E-state index >= 15 is 0 Å². The van der Waals surface area contributed by atoms with Crippen LogP contribution in [0.3, 0.4) is 0 Å². The van der Waals surface area contributed by atoms with E-state index in [2.05, 4.69) is 56.5 Å². The standard InChI is InChI=1S/C17H32O2Si3/c1-20(2)18-22(19-21(3)4,17-14-10-7-11-15-17)16-12-8-5-6-9-13-16/h7,10-11,14-16,20-21H,5-6,8-9,12-13H2,1-4H3. The summed E-state index contributed by atoms with van der Waals surface area (Å²) in [5.41, 5.74) is 0.641. The molecule has 1 aromatic carbocycles. The summed E-state index contributed by atoms with van der Waals surface area (Å²) < 4.78 is 13.6. The molecule has 0 aromatic heterocycles. The van der Waals surface area contributed by atoms with E-state index in [9.17, 15) is 0 Å². The normalized spacial score (nSPS) is 17.9. The maximum absolute atomic E-state index is 6.82. The van der Waals surface area contributed by atoms with Crippen molar-refractivity contribution in [1.29, 1.82) is 0 Å². The molecule has 0 aliphatic heterocycles. The molecule has 0 bridgehead atoms. The molecule has 1 aliphatic carbocycles. The molecular formula is C17H32O2Si3. The second kappa shape index (κ2) is 8.59. The second-order valence-corrected chi connectivity index (χ2v) is 15.9. The molecule has 1 saturated carbocycles. The van der Waals surface area contributed by atoms with E-state index in [-0.39, 0.29) is 0 Å². The Bertz CT molecular complexity index is 419. The molecule has 1 aromatic rings. The largest absolute Gasteiger partial charge is 0.436 e. The van der Waals surface area contributed by atoms with Crippen LogP contribution in [0, 0.1) is 0 Å². The highest BCUT2D eigenvalue weighted by molar-refractivity contribution is 6.90. The van der Waals surface area contributed by atoms with Crippen LogP contribution in [0.25, 0.3) is 0 Å². The van der Waals surface area contributed by atoms with Crippen molar-refractivity contribution in [2.45, 2.75) is 70.3 Å². The zero-order chi connectivity index (χ0) is 16.0. The fourth-order valence-corrected chi connectivity index (χ4v) is 14.9. The van der Waals surface area contributed by atoms with Gasteiger partial charge in [0.15, 0.2) is 18.1 Å². The Labute approximate surface area is 140 Å². The first kappa shape index (κ1) is 18.1.